The lowest BCUT2D eigenvalue weighted by molar-refractivity contribution is -0.140. The van der Waals surface area contributed by atoms with Gasteiger partial charge < -0.3 is 4.40 Å². The fraction of sp³-hybridized carbons (Fsp3) is 0.143. The minimum Gasteiger partial charge on any atom is -0.302 e. The molecule has 0 saturated carbocycles. The Labute approximate surface area is 84.7 Å². The van der Waals surface area contributed by atoms with Crippen LogP contribution in [0.25, 0.3) is 5.65 Å². The number of hydrogen-bond acceptors (Lipinski definition) is 2. The molecule has 0 atom stereocenters. The fourth-order valence-electron chi connectivity index (χ4n) is 1.01. The van der Waals surface area contributed by atoms with Crippen molar-refractivity contribution in [2.75, 3.05) is 0 Å². The van der Waals surface area contributed by atoms with Crippen molar-refractivity contribution in [2.45, 2.75) is 6.18 Å². The van der Waals surface area contributed by atoms with Crippen molar-refractivity contribution < 1.29 is 13.2 Å². The maximum atomic E-state index is 12.2. The molecular formula is C7H3BrF3N3. The third kappa shape index (κ3) is 1.59. The number of aromatic nitrogens is 3. The van der Waals surface area contributed by atoms with E-state index >= 15 is 0 Å². The Morgan fingerprint density at radius 2 is 2.00 bits per heavy atom. The van der Waals surface area contributed by atoms with Crippen LogP contribution in [0, 0.1) is 0 Å². The predicted molar refractivity (Wildman–Crippen MR) is 45.7 cm³/mol. The van der Waals surface area contributed by atoms with E-state index in [1.54, 1.807) is 0 Å². The predicted octanol–water partition coefficient (Wildman–Crippen LogP) is 2.51. The average molecular weight is 266 g/mol. The van der Waals surface area contributed by atoms with Crippen molar-refractivity contribution in [1.29, 1.82) is 0 Å². The van der Waals surface area contributed by atoms with Crippen LogP contribution < -0.4 is 0 Å². The topological polar surface area (TPSA) is 30.2 Å². The Hall–Kier alpha value is -1.11. The molecule has 0 spiro atoms. The fourth-order valence-corrected chi connectivity index (χ4v) is 1.33. The van der Waals surface area contributed by atoms with Crippen LogP contribution in [-0.2, 0) is 6.18 Å². The SMILES string of the molecule is FC(F)(F)c1cn2cc(Br)ncc2n1. The Morgan fingerprint density at radius 1 is 1.29 bits per heavy atom. The number of rotatable bonds is 0. The van der Waals surface area contributed by atoms with Crippen molar-refractivity contribution in [3.8, 4) is 0 Å². The van der Waals surface area contributed by atoms with Gasteiger partial charge in [-0.3, -0.25) is 0 Å². The number of alkyl halides is 3. The van der Waals surface area contributed by atoms with Crippen LogP contribution in [0.15, 0.2) is 23.2 Å². The van der Waals surface area contributed by atoms with Crippen molar-refractivity contribution >= 4 is 21.6 Å². The van der Waals surface area contributed by atoms with Gasteiger partial charge in [-0.1, -0.05) is 0 Å². The Balaban J connectivity index is 2.63. The molecule has 0 unspecified atom stereocenters. The van der Waals surface area contributed by atoms with Crippen LogP contribution in [0.5, 0.6) is 0 Å². The largest absolute Gasteiger partial charge is 0.434 e. The van der Waals surface area contributed by atoms with Crippen LogP contribution in [0.4, 0.5) is 13.2 Å². The average Bonchev–Trinajstić information content (AvgIpc) is 2.45. The van der Waals surface area contributed by atoms with Gasteiger partial charge in [-0.15, -0.1) is 0 Å². The highest BCUT2D eigenvalue weighted by atomic mass is 79.9. The van der Waals surface area contributed by atoms with Gasteiger partial charge in [-0.25, -0.2) is 9.97 Å². The first kappa shape index (κ1) is 9.45. The van der Waals surface area contributed by atoms with E-state index in [0.29, 0.717) is 4.60 Å². The molecule has 3 nitrogen and oxygen atoms in total. The molecule has 74 valence electrons. The summed E-state index contributed by atoms with van der Waals surface area (Å²) in [7, 11) is 0. The highest BCUT2D eigenvalue weighted by Crippen LogP contribution is 2.28. The Bertz CT molecular complexity index is 476. The molecule has 7 heteroatoms. The highest BCUT2D eigenvalue weighted by molar-refractivity contribution is 9.10. The second-order valence-corrected chi connectivity index (χ2v) is 3.41. The zero-order valence-corrected chi connectivity index (χ0v) is 8.17. The monoisotopic (exact) mass is 265 g/mol. The minimum atomic E-state index is -4.42. The summed E-state index contributed by atoms with van der Waals surface area (Å²) in [4.78, 5) is 7.15. The third-order valence-corrected chi connectivity index (χ3v) is 2.01. The van der Waals surface area contributed by atoms with E-state index in [1.165, 1.54) is 16.8 Å². The first-order chi connectivity index (χ1) is 6.47. The second kappa shape index (κ2) is 2.94. The molecule has 2 aromatic heterocycles. The molecule has 0 fully saturated rings. The standard InChI is InChI=1S/C7H3BrF3N3/c8-5-3-14-2-4(7(9,10)11)13-6(14)1-12-5/h1-3H. The van der Waals surface area contributed by atoms with Gasteiger partial charge in [0.25, 0.3) is 0 Å². The molecule has 2 heterocycles. The number of halogens is 4. The summed E-state index contributed by atoms with van der Waals surface area (Å²) in [5.41, 5.74) is -0.752. The summed E-state index contributed by atoms with van der Waals surface area (Å²) in [6.07, 6.45) is -0.822. The van der Waals surface area contributed by atoms with Crippen LogP contribution in [0.3, 0.4) is 0 Å². The van der Waals surface area contributed by atoms with Crippen molar-refractivity contribution in [3.63, 3.8) is 0 Å². The molecule has 2 aromatic rings. The zero-order chi connectivity index (χ0) is 10.3. The van der Waals surface area contributed by atoms with Crippen LogP contribution in [0.1, 0.15) is 5.69 Å². The molecule has 0 aliphatic rings. The summed E-state index contributed by atoms with van der Waals surface area (Å²) in [6.45, 7) is 0. The lowest BCUT2D eigenvalue weighted by atomic mass is 10.5. The molecule has 0 amide bonds. The number of hydrogen-bond donors (Lipinski definition) is 0. The number of fused-ring (bicyclic) bond motifs is 1. The van der Waals surface area contributed by atoms with Gasteiger partial charge in [0.2, 0.25) is 0 Å². The molecule has 0 radical (unpaired) electrons. The molecule has 0 aromatic carbocycles. The first-order valence-corrected chi connectivity index (χ1v) is 4.33. The molecule has 0 aliphatic heterocycles. The maximum Gasteiger partial charge on any atom is 0.434 e. The van der Waals surface area contributed by atoms with E-state index in [-0.39, 0.29) is 5.65 Å². The summed E-state index contributed by atoms with van der Waals surface area (Å²) in [6, 6.07) is 0. The Morgan fingerprint density at radius 3 is 2.64 bits per heavy atom. The normalized spacial score (nSPS) is 12.3. The maximum absolute atomic E-state index is 12.2. The van der Waals surface area contributed by atoms with Crippen LogP contribution in [-0.4, -0.2) is 14.4 Å². The molecule has 0 N–H and O–H groups in total. The van der Waals surface area contributed by atoms with Gasteiger partial charge in [-0.05, 0) is 15.9 Å². The van der Waals surface area contributed by atoms with E-state index in [0.717, 1.165) is 6.20 Å². The van der Waals surface area contributed by atoms with Crippen LogP contribution >= 0.6 is 15.9 Å². The van der Waals surface area contributed by atoms with Crippen LogP contribution in [0.2, 0.25) is 0 Å². The Kier molecular flexibility index (Phi) is 1.99. The summed E-state index contributed by atoms with van der Waals surface area (Å²) >= 11 is 3.05. The van der Waals surface area contributed by atoms with Crippen molar-refractivity contribution in [1.82, 2.24) is 14.4 Å². The third-order valence-electron chi connectivity index (χ3n) is 1.60. The van der Waals surface area contributed by atoms with E-state index in [9.17, 15) is 13.2 Å². The number of imidazole rings is 1. The van der Waals surface area contributed by atoms with Gasteiger partial charge >= 0.3 is 6.18 Å². The summed E-state index contributed by atoms with van der Waals surface area (Å²) < 4.78 is 38.4. The van der Waals surface area contributed by atoms with Crippen molar-refractivity contribution in [3.05, 3.63) is 28.9 Å². The molecule has 14 heavy (non-hydrogen) atoms. The zero-order valence-electron chi connectivity index (χ0n) is 6.59. The van der Waals surface area contributed by atoms with Gasteiger partial charge in [0.05, 0.1) is 6.20 Å². The van der Waals surface area contributed by atoms with Crippen molar-refractivity contribution in [2.24, 2.45) is 0 Å². The summed E-state index contributed by atoms with van der Waals surface area (Å²) in [5.74, 6) is 0. The molecule has 2 rings (SSSR count). The molecule has 0 aliphatic carbocycles. The smallest absolute Gasteiger partial charge is 0.302 e. The van der Waals surface area contributed by atoms with E-state index in [4.69, 9.17) is 0 Å². The molecular weight excluding hydrogens is 263 g/mol. The highest BCUT2D eigenvalue weighted by Gasteiger charge is 2.33. The van der Waals surface area contributed by atoms with E-state index < -0.39 is 11.9 Å². The minimum absolute atomic E-state index is 0.167. The van der Waals surface area contributed by atoms with E-state index in [2.05, 4.69) is 25.9 Å². The van der Waals surface area contributed by atoms with E-state index in [1.807, 2.05) is 0 Å². The second-order valence-electron chi connectivity index (χ2n) is 2.60. The van der Waals surface area contributed by atoms with Gasteiger partial charge in [0, 0.05) is 12.4 Å². The molecule has 0 saturated heterocycles. The quantitative estimate of drug-likeness (QED) is 0.733. The summed E-state index contributed by atoms with van der Waals surface area (Å²) in [5, 5.41) is 0. The van der Waals surface area contributed by atoms with Gasteiger partial charge in [0.15, 0.2) is 11.3 Å². The molecule has 0 bridgehead atoms. The van der Waals surface area contributed by atoms with Gasteiger partial charge in [0.1, 0.15) is 4.60 Å². The lowest BCUT2D eigenvalue weighted by Gasteiger charge is -1.98. The number of nitrogens with zero attached hydrogens (tertiary/aromatic N) is 3. The van der Waals surface area contributed by atoms with Gasteiger partial charge in [-0.2, -0.15) is 13.2 Å². The lowest BCUT2D eigenvalue weighted by Crippen LogP contribution is -2.04. The first-order valence-electron chi connectivity index (χ1n) is 3.54.